The summed E-state index contributed by atoms with van der Waals surface area (Å²) in [6.07, 6.45) is -2.34. The zero-order valence-electron chi connectivity index (χ0n) is 13.9. The Kier molecular flexibility index (Phi) is 4.88. The highest BCUT2D eigenvalue weighted by molar-refractivity contribution is 6.03. The predicted octanol–water partition coefficient (Wildman–Crippen LogP) is -0.503. The topological polar surface area (TPSA) is 134 Å². The zero-order valence-corrected chi connectivity index (χ0v) is 13.9. The summed E-state index contributed by atoms with van der Waals surface area (Å²) in [5, 5.41) is 32.2. The van der Waals surface area contributed by atoms with Crippen LogP contribution in [-0.2, 0) is 4.74 Å². The maximum absolute atomic E-state index is 12.3. The third-order valence-corrected chi connectivity index (χ3v) is 4.29. The molecule has 4 atom stereocenters. The first-order valence-electron chi connectivity index (χ1n) is 7.97. The van der Waals surface area contributed by atoms with Crippen LogP contribution in [0.15, 0.2) is 47.4 Å². The van der Waals surface area contributed by atoms with Crippen molar-refractivity contribution in [3.8, 4) is 0 Å². The largest absolute Gasteiger partial charge is 0.394 e. The summed E-state index contributed by atoms with van der Waals surface area (Å²) >= 11 is 0. The Bertz CT molecular complexity index is 851. The average Bonchev–Trinajstić information content (AvgIpc) is 2.85. The van der Waals surface area contributed by atoms with Crippen LogP contribution in [-0.4, -0.2) is 55.2 Å². The van der Waals surface area contributed by atoms with E-state index < -0.39 is 42.2 Å². The first kappa shape index (κ1) is 18.2. The van der Waals surface area contributed by atoms with Crippen LogP contribution in [0, 0.1) is 0 Å². The van der Waals surface area contributed by atoms with Crippen LogP contribution in [0.5, 0.6) is 0 Å². The summed E-state index contributed by atoms with van der Waals surface area (Å²) in [7, 11) is 0. The lowest BCUT2D eigenvalue weighted by molar-refractivity contribution is -0.0986. The normalized spacial score (nSPS) is 28.1. The van der Waals surface area contributed by atoms with E-state index in [0.29, 0.717) is 5.56 Å². The summed E-state index contributed by atoms with van der Waals surface area (Å²) in [5.74, 6) is -0.382. The van der Waals surface area contributed by atoms with E-state index in [0.717, 1.165) is 4.57 Å². The lowest BCUT2D eigenvalue weighted by Crippen LogP contribution is -2.46. The molecule has 1 fully saturated rings. The highest BCUT2D eigenvalue weighted by Crippen LogP contribution is 2.37. The molecule has 1 aromatic carbocycles. The summed E-state index contributed by atoms with van der Waals surface area (Å²) in [6.45, 7) is 0.788. The minimum Gasteiger partial charge on any atom is -0.394 e. The van der Waals surface area contributed by atoms with Crippen LogP contribution < -0.4 is 11.0 Å². The second-order valence-corrected chi connectivity index (χ2v) is 6.20. The Morgan fingerprint density at radius 1 is 1.35 bits per heavy atom. The van der Waals surface area contributed by atoms with Crippen LogP contribution in [0.1, 0.15) is 23.5 Å². The highest BCUT2D eigenvalue weighted by Gasteiger charge is 2.53. The fourth-order valence-corrected chi connectivity index (χ4v) is 2.83. The number of benzene rings is 1. The van der Waals surface area contributed by atoms with Gasteiger partial charge in [0.15, 0.2) is 6.23 Å². The fraction of sp³-hybridized carbons (Fsp3) is 0.353. The maximum atomic E-state index is 12.3. The van der Waals surface area contributed by atoms with Gasteiger partial charge in [-0.3, -0.25) is 9.36 Å². The van der Waals surface area contributed by atoms with E-state index in [-0.39, 0.29) is 5.82 Å². The molecule has 1 amide bonds. The van der Waals surface area contributed by atoms with Crippen molar-refractivity contribution in [2.45, 2.75) is 31.0 Å². The standard InChI is InChI=1S/C17H19N3O6/c1-17(25)13(22)11(9-21)26-15(17)20-8-7-12(19-16(20)24)18-14(23)10-5-3-2-4-6-10/h2-8,11,13,15,21-22,25H,9H2,1H3,(H,18,19,23,24)/t11-,13?,15-,17-/m1/s1. The Morgan fingerprint density at radius 2 is 2.04 bits per heavy atom. The molecule has 0 spiro atoms. The molecule has 1 saturated heterocycles. The van der Waals surface area contributed by atoms with Gasteiger partial charge >= 0.3 is 5.69 Å². The van der Waals surface area contributed by atoms with Crippen molar-refractivity contribution in [1.29, 1.82) is 0 Å². The Balaban J connectivity index is 1.82. The first-order valence-corrected chi connectivity index (χ1v) is 7.97. The lowest BCUT2D eigenvalue weighted by Gasteiger charge is -2.27. The number of amides is 1. The van der Waals surface area contributed by atoms with Gasteiger partial charge in [-0.25, -0.2) is 4.79 Å². The van der Waals surface area contributed by atoms with Gasteiger partial charge in [-0.15, -0.1) is 0 Å². The molecule has 2 aromatic rings. The minimum absolute atomic E-state index is 0.0389. The molecular weight excluding hydrogens is 342 g/mol. The molecule has 26 heavy (non-hydrogen) atoms. The van der Waals surface area contributed by atoms with E-state index in [9.17, 15) is 24.9 Å². The number of rotatable bonds is 4. The number of anilines is 1. The van der Waals surface area contributed by atoms with Crippen molar-refractivity contribution in [3.63, 3.8) is 0 Å². The second kappa shape index (κ2) is 6.96. The molecule has 138 valence electrons. The molecule has 1 aromatic heterocycles. The zero-order chi connectivity index (χ0) is 18.9. The molecule has 1 aliphatic rings. The summed E-state index contributed by atoms with van der Waals surface area (Å²) < 4.78 is 6.38. The lowest BCUT2D eigenvalue weighted by atomic mass is 9.96. The molecule has 0 radical (unpaired) electrons. The second-order valence-electron chi connectivity index (χ2n) is 6.20. The molecule has 4 N–H and O–H groups in total. The molecule has 1 unspecified atom stereocenters. The predicted molar refractivity (Wildman–Crippen MR) is 90.5 cm³/mol. The van der Waals surface area contributed by atoms with Crippen LogP contribution >= 0.6 is 0 Å². The van der Waals surface area contributed by atoms with Gasteiger partial charge in [-0.1, -0.05) is 18.2 Å². The van der Waals surface area contributed by atoms with Gasteiger partial charge < -0.3 is 25.4 Å². The summed E-state index contributed by atoms with van der Waals surface area (Å²) in [6, 6.07) is 9.82. The number of hydrogen-bond acceptors (Lipinski definition) is 7. The van der Waals surface area contributed by atoms with Gasteiger partial charge in [-0.2, -0.15) is 4.98 Å². The number of aliphatic hydroxyl groups is 3. The Hall–Kier alpha value is -2.59. The van der Waals surface area contributed by atoms with Crippen LogP contribution in [0.2, 0.25) is 0 Å². The molecule has 0 aliphatic carbocycles. The van der Waals surface area contributed by atoms with E-state index >= 15 is 0 Å². The number of aromatic nitrogens is 2. The maximum Gasteiger partial charge on any atom is 0.351 e. The van der Waals surface area contributed by atoms with Crippen molar-refractivity contribution in [1.82, 2.24) is 9.55 Å². The smallest absolute Gasteiger partial charge is 0.351 e. The fourth-order valence-electron chi connectivity index (χ4n) is 2.83. The minimum atomic E-state index is -1.80. The quantitative estimate of drug-likeness (QED) is 0.577. The molecule has 0 bridgehead atoms. The molecule has 2 heterocycles. The van der Waals surface area contributed by atoms with Gasteiger partial charge in [-0.05, 0) is 25.1 Å². The van der Waals surface area contributed by atoms with Crippen molar-refractivity contribution >= 4 is 11.7 Å². The van der Waals surface area contributed by atoms with Crippen molar-refractivity contribution < 1.29 is 24.9 Å². The Morgan fingerprint density at radius 3 is 2.62 bits per heavy atom. The number of nitrogens with zero attached hydrogens (tertiary/aromatic N) is 2. The highest BCUT2D eigenvalue weighted by atomic mass is 16.6. The molecular formula is C17H19N3O6. The number of hydrogen-bond donors (Lipinski definition) is 4. The first-order chi connectivity index (χ1) is 12.3. The molecule has 9 nitrogen and oxygen atoms in total. The van der Waals surface area contributed by atoms with Gasteiger partial charge in [0.05, 0.1) is 6.61 Å². The molecule has 9 heteroatoms. The van der Waals surface area contributed by atoms with E-state index in [1.165, 1.54) is 19.2 Å². The van der Waals surface area contributed by atoms with Crippen molar-refractivity contribution in [3.05, 3.63) is 58.6 Å². The number of nitrogens with one attached hydrogen (secondary N) is 1. The van der Waals surface area contributed by atoms with Crippen LogP contribution in [0.4, 0.5) is 5.82 Å². The van der Waals surface area contributed by atoms with Crippen molar-refractivity contribution in [2.75, 3.05) is 11.9 Å². The van der Waals surface area contributed by atoms with Gasteiger partial charge in [0.25, 0.3) is 5.91 Å². The third-order valence-electron chi connectivity index (χ3n) is 4.29. The third kappa shape index (κ3) is 3.25. The van der Waals surface area contributed by atoms with E-state index in [4.69, 9.17) is 4.74 Å². The Labute approximate surface area is 148 Å². The van der Waals surface area contributed by atoms with Gasteiger partial charge in [0.1, 0.15) is 23.6 Å². The van der Waals surface area contributed by atoms with E-state index in [2.05, 4.69) is 10.3 Å². The average molecular weight is 361 g/mol. The molecule has 1 aliphatic heterocycles. The number of ether oxygens (including phenoxy) is 1. The van der Waals surface area contributed by atoms with Crippen LogP contribution in [0.3, 0.4) is 0 Å². The number of aliphatic hydroxyl groups excluding tert-OH is 2. The van der Waals surface area contributed by atoms with E-state index in [1.807, 2.05) is 0 Å². The SMILES string of the molecule is C[C@@]1(O)C(O)[C@@H](CO)O[C@H]1n1ccc(NC(=O)c2ccccc2)nc1=O. The molecule has 3 rings (SSSR count). The summed E-state index contributed by atoms with van der Waals surface area (Å²) in [5.41, 5.74) is -2.17. The summed E-state index contributed by atoms with van der Waals surface area (Å²) in [4.78, 5) is 28.2. The molecule has 0 saturated carbocycles. The van der Waals surface area contributed by atoms with Crippen LogP contribution in [0.25, 0.3) is 0 Å². The van der Waals surface area contributed by atoms with Crippen molar-refractivity contribution in [2.24, 2.45) is 0 Å². The van der Waals surface area contributed by atoms with Gasteiger partial charge in [0.2, 0.25) is 0 Å². The number of carbonyl (C=O) groups excluding carboxylic acids is 1. The van der Waals surface area contributed by atoms with E-state index in [1.54, 1.807) is 30.3 Å². The monoisotopic (exact) mass is 361 g/mol. The van der Waals surface area contributed by atoms with Gasteiger partial charge in [0, 0.05) is 11.8 Å². The number of carbonyl (C=O) groups is 1.